The maximum Gasteiger partial charge on any atom is 0.337 e. The van der Waals surface area contributed by atoms with Gasteiger partial charge in [-0.05, 0) is 43.8 Å². The summed E-state index contributed by atoms with van der Waals surface area (Å²) in [7, 11) is 1.32. The van der Waals surface area contributed by atoms with Crippen LogP contribution < -0.4 is 5.56 Å². The molecule has 1 N–H and O–H groups in total. The number of benzene rings is 1. The standard InChI is InChI=1S/C14H16N2O3S/c1-4-8(2)16-12(17)10-6-5-9(13(18)19-3)7-11(10)15-14(16)20/h5-8H,4H2,1-3H3,(H,15,20)/t8-/m0/s1. The predicted octanol–water partition coefficient (Wildman–Crippen LogP) is 2.82. The number of hydrogen-bond acceptors (Lipinski definition) is 4. The van der Waals surface area contributed by atoms with Gasteiger partial charge in [0.15, 0.2) is 4.77 Å². The van der Waals surface area contributed by atoms with Gasteiger partial charge >= 0.3 is 5.97 Å². The minimum absolute atomic E-state index is 0.0240. The van der Waals surface area contributed by atoms with Gasteiger partial charge in [0.1, 0.15) is 0 Å². The Morgan fingerprint density at radius 1 is 1.50 bits per heavy atom. The molecule has 5 nitrogen and oxygen atoms in total. The molecule has 1 atom stereocenters. The van der Waals surface area contributed by atoms with Crippen LogP contribution in [-0.2, 0) is 4.74 Å². The number of nitrogens with zero attached hydrogens (tertiary/aromatic N) is 1. The largest absolute Gasteiger partial charge is 0.465 e. The number of H-pyrrole nitrogens is 1. The highest BCUT2D eigenvalue weighted by Crippen LogP contribution is 2.14. The molecule has 0 radical (unpaired) electrons. The summed E-state index contributed by atoms with van der Waals surface area (Å²) < 4.78 is 6.59. The molecule has 0 bridgehead atoms. The molecule has 6 heteroatoms. The lowest BCUT2D eigenvalue weighted by molar-refractivity contribution is 0.0601. The van der Waals surface area contributed by atoms with Crippen molar-refractivity contribution in [3.8, 4) is 0 Å². The third-order valence-electron chi connectivity index (χ3n) is 3.38. The van der Waals surface area contributed by atoms with E-state index < -0.39 is 5.97 Å². The van der Waals surface area contributed by atoms with Gasteiger partial charge < -0.3 is 9.72 Å². The first-order chi connectivity index (χ1) is 9.49. The maximum absolute atomic E-state index is 12.5. The number of hydrogen-bond donors (Lipinski definition) is 1. The number of nitrogens with one attached hydrogen (secondary N) is 1. The molecule has 0 saturated heterocycles. The second-order valence-electron chi connectivity index (χ2n) is 4.61. The SMILES string of the molecule is CC[C@H](C)n1c(=S)[nH]c2cc(C(=O)OC)ccc2c1=O. The van der Waals surface area contributed by atoms with E-state index in [1.54, 1.807) is 22.8 Å². The van der Waals surface area contributed by atoms with Crippen molar-refractivity contribution in [3.63, 3.8) is 0 Å². The lowest BCUT2D eigenvalue weighted by Gasteiger charge is -2.14. The lowest BCUT2D eigenvalue weighted by atomic mass is 10.1. The van der Waals surface area contributed by atoms with Gasteiger partial charge in [-0.25, -0.2) is 4.79 Å². The first-order valence-electron chi connectivity index (χ1n) is 6.36. The van der Waals surface area contributed by atoms with Crippen LogP contribution in [0.3, 0.4) is 0 Å². The third-order valence-corrected chi connectivity index (χ3v) is 3.68. The molecule has 106 valence electrons. The van der Waals surface area contributed by atoms with E-state index in [2.05, 4.69) is 9.72 Å². The van der Waals surface area contributed by atoms with Crippen molar-refractivity contribution < 1.29 is 9.53 Å². The maximum atomic E-state index is 12.5. The third kappa shape index (κ3) is 2.38. The monoisotopic (exact) mass is 292 g/mol. The second kappa shape index (κ2) is 5.58. The highest BCUT2D eigenvalue weighted by molar-refractivity contribution is 7.71. The van der Waals surface area contributed by atoms with Crippen molar-refractivity contribution in [3.05, 3.63) is 38.9 Å². The van der Waals surface area contributed by atoms with Crippen LogP contribution in [0.5, 0.6) is 0 Å². The zero-order valence-electron chi connectivity index (χ0n) is 11.6. The van der Waals surface area contributed by atoms with Gasteiger partial charge in [0, 0.05) is 6.04 Å². The minimum atomic E-state index is -0.447. The van der Waals surface area contributed by atoms with Gasteiger partial charge in [-0.3, -0.25) is 9.36 Å². The molecule has 2 rings (SSSR count). The fourth-order valence-corrected chi connectivity index (χ4v) is 2.43. The molecule has 0 fully saturated rings. The Kier molecular flexibility index (Phi) is 4.04. The fraction of sp³-hybridized carbons (Fsp3) is 0.357. The molecule has 0 unspecified atom stereocenters. The molecule has 0 saturated carbocycles. The van der Waals surface area contributed by atoms with Gasteiger partial charge in [0.2, 0.25) is 0 Å². The number of methoxy groups -OCH3 is 1. The van der Waals surface area contributed by atoms with E-state index in [-0.39, 0.29) is 11.6 Å². The van der Waals surface area contributed by atoms with E-state index in [1.807, 2.05) is 13.8 Å². The highest BCUT2D eigenvalue weighted by atomic mass is 32.1. The summed E-state index contributed by atoms with van der Waals surface area (Å²) in [6, 6.07) is 4.80. The molecule has 0 aliphatic rings. The Labute approximate surface area is 121 Å². The quantitative estimate of drug-likeness (QED) is 0.698. The molecule has 0 aliphatic carbocycles. The van der Waals surface area contributed by atoms with Crippen molar-refractivity contribution in [1.29, 1.82) is 0 Å². The van der Waals surface area contributed by atoms with Gasteiger partial charge in [0.25, 0.3) is 5.56 Å². The first-order valence-corrected chi connectivity index (χ1v) is 6.77. The molecule has 1 aromatic carbocycles. The van der Waals surface area contributed by atoms with Gasteiger partial charge in [-0.15, -0.1) is 0 Å². The van der Waals surface area contributed by atoms with Gasteiger partial charge in [-0.1, -0.05) is 6.92 Å². The molecule has 20 heavy (non-hydrogen) atoms. The summed E-state index contributed by atoms with van der Waals surface area (Å²) in [5.41, 5.74) is 0.781. The molecule has 0 aliphatic heterocycles. The van der Waals surface area contributed by atoms with Crippen LogP contribution in [0, 0.1) is 4.77 Å². The summed E-state index contributed by atoms with van der Waals surface area (Å²) in [4.78, 5) is 27.0. The molecule has 0 spiro atoms. The van der Waals surface area contributed by atoms with Gasteiger partial charge in [0.05, 0.1) is 23.6 Å². The van der Waals surface area contributed by atoms with Crippen LogP contribution in [0.15, 0.2) is 23.0 Å². The summed E-state index contributed by atoms with van der Waals surface area (Å²) in [6.07, 6.45) is 0.809. The number of aromatic amines is 1. The van der Waals surface area contributed by atoms with E-state index in [4.69, 9.17) is 12.2 Å². The molecule has 2 aromatic rings. The summed E-state index contributed by atoms with van der Waals surface area (Å²) in [5, 5.41) is 0.506. The molecule has 0 amide bonds. The van der Waals surface area contributed by atoms with Crippen LogP contribution in [0.4, 0.5) is 0 Å². The topological polar surface area (TPSA) is 64.1 Å². The zero-order valence-corrected chi connectivity index (χ0v) is 12.4. The number of fused-ring (bicyclic) bond motifs is 1. The lowest BCUT2D eigenvalue weighted by Crippen LogP contribution is -2.25. The molecule has 1 heterocycles. The Bertz CT molecular complexity index is 776. The van der Waals surface area contributed by atoms with Crippen molar-refractivity contribution in [2.75, 3.05) is 7.11 Å². The molecular weight excluding hydrogens is 276 g/mol. The molecular formula is C14H16N2O3S. The highest BCUT2D eigenvalue weighted by Gasteiger charge is 2.12. The Morgan fingerprint density at radius 3 is 2.80 bits per heavy atom. The van der Waals surface area contributed by atoms with Gasteiger partial charge in [-0.2, -0.15) is 0 Å². The Balaban J connectivity index is 2.74. The predicted molar refractivity (Wildman–Crippen MR) is 79.7 cm³/mol. The Hall–Kier alpha value is -1.95. The summed E-state index contributed by atoms with van der Waals surface area (Å²) in [6.45, 7) is 3.94. The number of aromatic nitrogens is 2. The number of carbonyl (C=O) groups is 1. The van der Waals surface area contributed by atoms with Crippen molar-refractivity contribution >= 4 is 29.1 Å². The average Bonchev–Trinajstić information content (AvgIpc) is 2.45. The van der Waals surface area contributed by atoms with Crippen molar-refractivity contribution in [1.82, 2.24) is 9.55 Å². The van der Waals surface area contributed by atoms with Crippen LogP contribution in [-0.4, -0.2) is 22.6 Å². The van der Waals surface area contributed by atoms with E-state index in [0.717, 1.165) is 6.42 Å². The second-order valence-corrected chi connectivity index (χ2v) is 5.00. The van der Waals surface area contributed by atoms with E-state index in [0.29, 0.717) is 21.2 Å². The van der Waals surface area contributed by atoms with Crippen LogP contribution >= 0.6 is 12.2 Å². The number of ether oxygens (including phenoxy) is 1. The van der Waals surface area contributed by atoms with Crippen molar-refractivity contribution in [2.24, 2.45) is 0 Å². The minimum Gasteiger partial charge on any atom is -0.465 e. The zero-order chi connectivity index (χ0) is 14.9. The summed E-state index contributed by atoms with van der Waals surface area (Å²) in [5.74, 6) is -0.447. The molecule has 1 aromatic heterocycles. The van der Waals surface area contributed by atoms with Crippen LogP contribution in [0.25, 0.3) is 10.9 Å². The first kappa shape index (κ1) is 14.5. The van der Waals surface area contributed by atoms with E-state index >= 15 is 0 Å². The number of rotatable bonds is 3. The number of carbonyl (C=O) groups excluding carboxylic acids is 1. The average molecular weight is 292 g/mol. The van der Waals surface area contributed by atoms with Crippen LogP contribution in [0.1, 0.15) is 36.7 Å². The fourth-order valence-electron chi connectivity index (χ4n) is 2.06. The Morgan fingerprint density at radius 2 is 2.20 bits per heavy atom. The number of esters is 1. The van der Waals surface area contributed by atoms with E-state index in [9.17, 15) is 9.59 Å². The smallest absolute Gasteiger partial charge is 0.337 e. The summed E-state index contributed by atoms with van der Waals surface area (Å²) >= 11 is 5.24. The normalized spacial score (nSPS) is 12.3. The van der Waals surface area contributed by atoms with E-state index in [1.165, 1.54) is 7.11 Å². The van der Waals surface area contributed by atoms with Crippen molar-refractivity contribution in [2.45, 2.75) is 26.3 Å². The van der Waals surface area contributed by atoms with Crippen LogP contribution in [0.2, 0.25) is 0 Å².